The second-order valence-corrected chi connectivity index (χ2v) is 3.17. The van der Waals surface area contributed by atoms with Crippen molar-refractivity contribution in [1.82, 2.24) is 5.32 Å². The fourth-order valence-corrected chi connectivity index (χ4v) is 0.997. The minimum atomic E-state index is -1.22. The third-order valence-electron chi connectivity index (χ3n) is 1.82. The predicted octanol–water partition coefficient (Wildman–Crippen LogP) is -0.976. The average Bonchev–Trinajstić information content (AvgIpc) is 2.30. The molecule has 0 rings (SSSR count). The summed E-state index contributed by atoms with van der Waals surface area (Å²) in [6.07, 6.45) is 1.26. The van der Waals surface area contributed by atoms with Gasteiger partial charge in [-0.25, -0.2) is 4.79 Å². The second-order valence-electron chi connectivity index (χ2n) is 3.17. The lowest BCUT2D eigenvalue weighted by molar-refractivity contribution is -0.144. The number of carboxylic acids is 1. The summed E-state index contributed by atoms with van der Waals surface area (Å²) in [7, 11) is 0. The Hall–Kier alpha value is -1.89. The molecule has 0 unspecified atom stereocenters. The Labute approximate surface area is 98.6 Å². The van der Waals surface area contributed by atoms with Crippen molar-refractivity contribution in [3.63, 3.8) is 0 Å². The highest BCUT2D eigenvalue weighted by Gasteiger charge is 2.20. The molecule has 0 aliphatic rings. The molecule has 7 heteroatoms. The summed E-state index contributed by atoms with van der Waals surface area (Å²) in [6, 6.07) is -1.14. The zero-order chi connectivity index (χ0) is 13.3. The first kappa shape index (κ1) is 15.1. The highest BCUT2D eigenvalue weighted by molar-refractivity contribution is 5.84. The van der Waals surface area contributed by atoms with E-state index in [0.717, 1.165) is 0 Å². The second kappa shape index (κ2) is 8.28. The van der Waals surface area contributed by atoms with Crippen LogP contribution in [0.25, 0.3) is 0 Å². The number of hydrogen-bond acceptors (Lipinski definition) is 5. The Morgan fingerprint density at radius 1 is 1.47 bits per heavy atom. The highest BCUT2D eigenvalue weighted by Crippen LogP contribution is 2.00. The molecule has 1 amide bonds. The van der Waals surface area contributed by atoms with Crippen LogP contribution in [0.3, 0.4) is 0 Å². The van der Waals surface area contributed by atoms with Crippen LogP contribution in [-0.4, -0.2) is 42.1 Å². The van der Waals surface area contributed by atoms with Gasteiger partial charge in [0.1, 0.15) is 12.6 Å². The van der Waals surface area contributed by atoms with Crippen molar-refractivity contribution >= 4 is 17.8 Å². The molecule has 96 valence electrons. The number of hydrogen-bond donors (Lipinski definition) is 3. The van der Waals surface area contributed by atoms with Crippen molar-refractivity contribution in [2.24, 2.45) is 5.73 Å². The van der Waals surface area contributed by atoms with Gasteiger partial charge in [-0.3, -0.25) is 9.59 Å². The summed E-state index contributed by atoms with van der Waals surface area (Å²) in [5.74, 6) is -2.35. The van der Waals surface area contributed by atoms with Crippen LogP contribution >= 0.6 is 0 Å². The van der Waals surface area contributed by atoms with Crippen molar-refractivity contribution in [2.75, 3.05) is 13.2 Å². The van der Waals surface area contributed by atoms with Crippen molar-refractivity contribution in [2.45, 2.75) is 18.9 Å². The Kier molecular flexibility index (Phi) is 7.36. The molecule has 0 bridgehead atoms. The molecule has 7 nitrogen and oxygen atoms in total. The van der Waals surface area contributed by atoms with E-state index in [1.54, 1.807) is 0 Å². The molecule has 0 radical (unpaired) electrons. The number of aliphatic carboxylic acids is 1. The fourth-order valence-electron chi connectivity index (χ4n) is 0.997. The largest absolute Gasteiger partial charge is 0.480 e. The number of nitrogens with one attached hydrogen (secondary N) is 1. The first-order valence-electron chi connectivity index (χ1n) is 5.00. The van der Waals surface area contributed by atoms with Crippen LogP contribution in [0.4, 0.5) is 0 Å². The van der Waals surface area contributed by atoms with Gasteiger partial charge in [-0.05, 0) is 6.42 Å². The van der Waals surface area contributed by atoms with Gasteiger partial charge in [0.05, 0.1) is 6.54 Å². The van der Waals surface area contributed by atoms with Crippen LogP contribution in [-0.2, 0) is 19.1 Å². The van der Waals surface area contributed by atoms with E-state index in [9.17, 15) is 14.4 Å². The number of carbonyl (C=O) groups excluding carboxylic acids is 2. The van der Waals surface area contributed by atoms with E-state index in [1.165, 1.54) is 6.08 Å². The molecule has 0 aliphatic heterocycles. The third-order valence-corrected chi connectivity index (χ3v) is 1.82. The Morgan fingerprint density at radius 2 is 2.12 bits per heavy atom. The molecule has 0 aliphatic carbocycles. The van der Waals surface area contributed by atoms with E-state index in [-0.39, 0.29) is 26.0 Å². The predicted molar refractivity (Wildman–Crippen MR) is 59.0 cm³/mol. The molecule has 1 atom stereocenters. The van der Waals surface area contributed by atoms with Crippen LogP contribution < -0.4 is 11.1 Å². The molecule has 0 aromatic rings. The monoisotopic (exact) mass is 244 g/mol. The number of esters is 1. The van der Waals surface area contributed by atoms with Gasteiger partial charge in [-0.15, -0.1) is 0 Å². The van der Waals surface area contributed by atoms with E-state index in [2.05, 4.69) is 16.6 Å². The zero-order valence-corrected chi connectivity index (χ0v) is 9.35. The summed E-state index contributed by atoms with van der Waals surface area (Å²) in [6.45, 7) is 3.14. The first-order chi connectivity index (χ1) is 8.01. The smallest absolute Gasteiger partial charge is 0.326 e. The zero-order valence-electron chi connectivity index (χ0n) is 9.35. The lowest BCUT2D eigenvalue weighted by Gasteiger charge is -2.13. The third kappa shape index (κ3) is 7.07. The van der Waals surface area contributed by atoms with Gasteiger partial charge in [0.15, 0.2) is 0 Å². The van der Waals surface area contributed by atoms with Crippen LogP contribution in [0.5, 0.6) is 0 Å². The molecule has 0 saturated heterocycles. The lowest BCUT2D eigenvalue weighted by atomic mass is 10.1. The Morgan fingerprint density at radius 3 is 2.59 bits per heavy atom. The summed E-state index contributed by atoms with van der Waals surface area (Å²) in [5.41, 5.74) is 5.03. The molecule has 0 aromatic heterocycles. The topological polar surface area (TPSA) is 119 Å². The van der Waals surface area contributed by atoms with E-state index in [4.69, 9.17) is 10.8 Å². The molecular weight excluding hydrogens is 228 g/mol. The minimum absolute atomic E-state index is 0.0446. The fraction of sp³-hybridized carbons (Fsp3) is 0.500. The van der Waals surface area contributed by atoms with Gasteiger partial charge in [-0.1, -0.05) is 12.7 Å². The quantitative estimate of drug-likeness (QED) is 0.373. The Balaban J connectivity index is 4.09. The molecule has 17 heavy (non-hydrogen) atoms. The molecule has 0 heterocycles. The number of rotatable bonds is 8. The average molecular weight is 244 g/mol. The standard InChI is InChI=1S/C10H16N2O5/c1-2-5-17-9(14)4-3-7(10(15)16)12-8(13)6-11/h2,7H,1,3-6,11H2,(H,12,13)(H,15,16)/t7-/m0/s1. The summed E-state index contributed by atoms with van der Waals surface area (Å²) >= 11 is 0. The maximum Gasteiger partial charge on any atom is 0.326 e. The molecule has 0 aromatic carbocycles. The number of carbonyl (C=O) groups is 3. The number of ether oxygens (including phenoxy) is 1. The molecule has 0 saturated carbocycles. The van der Waals surface area contributed by atoms with E-state index in [0.29, 0.717) is 0 Å². The summed E-state index contributed by atoms with van der Waals surface area (Å²) < 4.78 is 4.67. The SMILES string of the molecule is C=CCOC(=O)CC[C@H](NC(=O)CN)C(=O)O. The van der Waals surface area contributed by atoms with E-state index < -0.39 is 23.9 Å². The van der Waals surface area contributed by atoms with E-state index >= 15 is 0 Å². The van der Waals surface area contributed by atoms with E-state index in [1.807, 2.05) is 0 Å². The summed E-state index contributed by atoms with van der Waals surface area (Å²) in [5, 5.41) is 11.0. The van der Waals surface area contributed by atoms with Crippen molar-refractivity contribution in [3.05, 3.63) is 12.7 Å². The Bertz CT molecular complexity index is 303. The van der Waals surface area contributed by atoms with Crippen molar-refractivity contribution in [3.8, 4) is 0 Å². The van der Waals surface area contributed by atoms with Crippen molar-refractivity contribution < 1.29 is 24.2 Å². The minimum Gasteiger partial charge on any atom is -0.480 e. The summed E-state index contributed by atoms with van der Waals surface area (Å²) in [4.78, 5) is 32.8. The van der Waals surface area contributed by atoms with Crippen LogP contribution in [0.1, 0.15) is 12.8 Å². The van der Waals surface area contributed by atoms with Gasteiger partial charge in [0.2, 0.25) is 5.91 Å². The number of amides is 1. The number of carboxylic acid groups (broad SMARTS) is 1. The van der Waals surface area contributed by atoms with Crippen LogP contribution in [0.15, 0.2) is 12.7 Å². The van der Waals surface area contributed by atoms with Crippen molar-refractivity contribution in [1.29, 1.82) is 0 Å². The van der Waals surface area contributed by atoms with Gasteiger partial charge in [0.25, 0.3) is 0 Å². The lowest BCUT2D eigenvalue weighted by Crippen LogP contribution is -2.43. The molecule has 0 spiro atoms. The van der Waals surface area contributed by atoms with Gasteiger partial charge < -0.3 is 20.9 Å². The van der Waals surface area contributed by atoms with Crippen LogP contribution in [0.2, 0.25) is 0 Å². The molecule has 0 fully saturated rings. The van der Waals surface area contributed by atoms with Gasteiger partial charge in [0, 0.05) is 6.42 Å². The first-order valence-corrected chi connectivity index (χ1v) is 5.00. The molecule has 4 N–H and O–H groups in total. The van der Waals surface area contributed by atoms with Gasteiger partial charge >= 0.3 is 11.9 Å². The normalized spacial score (nSPS) is 11.4. The number of nitrogens with two attached hydrogens (primary N) is 1. The molecular formula is C10H16N2O5. The van der Waals surface area contributed by atoms with Crippen LogP contribution in [0, 0.1) is 0 Å². The maximum absolute atomic E-state index is 11.1. The van der Waals surface area contributed by atoms with Gasteiger partial charge in [-0.2, -0.15) is 0 Å². The highest BCUT2D eigenvalue weighted by atomic mass is 16.5. The maximum atomic E-state index is 11.1.